The third-order valence-corrected chi connectivity index (χ3v) is 7.68. The lowest BCUT2D eigenvalue weighted by Gasteiger charge is -2.33. The molecule has 1 aromatic carbocycles. The molecule has 2 aliphatic heterocycles. The molecule has 1 unspecified atom stereocenters. The van der Waals surface area contributed by atoms with Gasteiger partial charge in [-0.1, -0.05) is 12.1 Å². The number of piperazine rings is 1. The van der Waals surface area contributed by atoms with Crippen LogP contribution >= 0.6 is 0 Å². The fourth-order valence-electron chi connectivity index (χ4n) is 5.29. The van der Waals surface area contributed by atoms with Gasteiger partial charge in [-0.2, -0.15) is 0 Å². The number of hydrogen-bond donors (Lipinski definition) is 4. The van der Waals surface area contributed by atoms with Crippen LogP contribution in [0.15, 0.2) is 55.0 Å². The van der Waals surface area contributed by atoms with Crippen LogP contribution in [-0.2, 0) is 0 Å². The number of ether oxygens (including phenoxy) is 1. The Morgan fingerprint density at radius 1 is 1.07 bits per heavy atom. The molecule has 10 heteroatoms. The van der Waals surface area contributed by atoms with Gasteiger partial charge in [0.05, 0.1) is 23.6 Å². The van der Waals surface area contributed by atoms with E-state index >= 15 is 0 Å². The molecule has 2 aliphatic rings. The fraction of sp³-hybridized carbons (Fsp3) is 0.367. The number of fused-ring (bicyclic) bond motifs is 2. The van der Waals surface area contributed by atoms with Gasteiger partial charge >= 0.3 is 0 Å². The standard InChI is InChI=1S/C30H35N7O3/c1-36-10-12-37(13-11-36)28-7-5-22(18-32-28)35-30(39)21-15-24-25(19-34-29(24)33-17-21)20-4-6-23-26(38)3-2-8-31-9-14-40-27(23)16-20/h4-7,15-19,26,31,38H,2-3,8-14H2,1H3,(H,33,34)(H,35,39). The van der Waals surface area contributed by atoms with Gasteiger partial charge in [0.1, 0.15) is 23.8 Å². The van der Waals surface area contributed by atoms with Crippen molar-refractivity contribution in [3.63, 3.8) is 0 Å². The molecule has 0 saturated carbocycles. The van der Waals surface area contributed by atoms with E-state index < -0.39 is 6.10 Å². The number of aromatic amines is 1. The predicted molar refractivity (Wildman–Crippen MR) is 156 cm³/mol. The molecule has 4 N–H and O–H groups in total. The average Bonchev–Trinajstić information content (AvgIpc) is 3.41. The molecule has 208 valence electrons. The maximum absolute atomic E-state index is 13.2. The number of aliphatic hydroxyl groups is 1. The van der Waals surface area contributed by atoms with E-state index in [1.807, 2.05) is 42.6 Å². The molecule has 6 rings (SSSR count). The smallest absolute Gasteiger partial charge is 0.257 e. The number of nitrogens with zero attached hydrogens (tertiary/aromatic N) is 4. The summed E-state index contributed by atoms with van der Waals surface area (Å²) in [5, 5.41) is 17.8. The van der Waals surface area contributed by atoms with Crippen molar-refractivity contribution >= 4 is 28.4 Å². The lowest BCUT2D eigenvalue weighted by atomic mass is 9.98. The number of rotatable bonds is 4. The van der Waals surface area contributed by atoms with Crippen molar-refractivity contribution in [3.05, 3.63) is 66.1 Å². The largest absolute Gasteiger partial charge is 0.492 e. The maximum atomic E-state index is 13.2. The molecule has 10 nitrogen and oxygen atoms in total. The SMILES string of the molecule is CN1CCN(c2ccc(NC(=O)c3cnc4[nH]cc(-c5ccc6c(c5)OCCNCCCC6O)c4c3)cn2)CC1. The number of aromatic nitrogens is 3. The molecule has 40 heavy (non-hydrogen) atoms. The zero-order chi connectivity index (χ0) is 27.5. The quantitative estimate of drug-likeness (QED) is 0.310. The Morgan fingerprint density at radius 2 is 1.95 bits per heavy atom. The number of benzene rings is 1. The van der Waals surface area contributed by atoms with Crippen molar-refractivity contribution < 1.29 is 14.6 Å². The van der Waals surface area contributed by atoms with E-state index in [1.165, 1.54) is 0 Å². The van der Waals surface area contributed by atoms with E-state index in [-0.39, 0.29) is 5.91 Å². The number of amides is 1. The number of carbonyl (C=O) groups is 1. The fourth-order valence-corrected chi connectivity index (χ4v) is 5.29. The minimum absolute atomic E-state index is 0.250. The van der Waals surface area contributed by atoms with E-state index in [9.17, 15) is 9.90 Å². The summed E-state index contributed by atoms with van der Waals surface area (Å²) in [6, 6.07) is 11.6. The van der Waals surface area contributed by atoms with Crippen molar-refractivity contribution in [2.24, 2.45) is 0 Å². The molecule has 0 spiro atoms. The molecular formula is C30H35N7O3. The number of aliphatic hydroxyl groups excluding tert-OH is 1. The van der Waals surface area contributed by atoms with Crippen LogP contribution < -0.4 is 20.3 Å². The van der Waals surface area contributed by atoms with E-state index in [4.69, 9.17) is 4.74 Å². The highest BCUT2D eigenvalue weighted by molar-refractivity contribution is 6.07. The first kappa shape index (κ1) is 26.2. The first-order chi connectivity index (χ1) is 19.5. The first-order valence-corrected chi connectivity index (χ1v) is 13.9. The second-order valence-electron chi connectivity index (χ2n) is 10.5. The van der Waals surface area contributed by atoms with Gasteiger partial charge in [0.25, 0.3) is 5.91 Å². The zero-order valence-corrected chi connectivity index (χ0v) is 22.7. The Balaban J connectivity index is 1.21. The summed E-state index contributed by atoms with van der Waals surface area (Å²) in [5.41, 5.74) is 4.41. The minimum Gasteiger partial charge on any atom is -0.492 e. The summed E-state index contributed by atoms with van der Waals surface area (Å²) < 4.78 is 6.04. The third-order valence-electron chi connectivity index (χ3n) is 7.68. The van der Waals surface area contributed by atoms with Gasteiger partial charge in [-0.05, 0) is 56.3 Å². The maximum Gasteiger partial charge on any atom is 0.257 e. The van der Waals surface area contributed by atoms with E-state index in [0.717, 1.165) is 73.6 Å². The van der Waals surface area contributed by atoms with Crippen LogP contribution in [-0.4, -0.2) is 83.8 Å². The highest BCUT2D eigenvalue weighted by Crippen LogP contribution is 2.36. The van der Waals surface area contributed by atoms with Gasteiger partial charge in [-0.25, -0.2) is 9.97 Å². The zero-order valence-electron chi connectivity index (χ0n) is 22.7. The second kappa shape index (κ2) is 11.6. The lowest BCUT2D eigenvalue weighted by Crippen LogP contribution is -2.44. The summed E-state index contributed by atoms with van der Waals surface area (Å²) in [6.07, 6.45) is 6.16. The number of H-pyrrole nitrogens is 1. The summed E-state index contributed by atoms with van der Waals surface area (Å²) in [7, 11) is 2.13. The Kier molecular flexibility index (Phi) is 7.63. The van der Waals surface area contributed by atoms with Gasteiger partial charge in [-0.15, -0.1) is 0 Å². The highest BCUT2D eigenvalue weighted by atomic mass is 16.5. The van der Waals surface area contributed by atoms with Crippen LogP contribution in [0.2, 0.25) is 0 Å². The summed E-state index contributed by atoms with van der Waals surface area (Å²) in [5.74, 6) is 1.35. The van der Waals surface area contributed by atoms with Crippen LogP contribution in [0.1, 0.15) is 34.9 Å². The van der Waals surface area contributed by atoms with Crippen molar-refractivity contribution in [2.45, 2.75) is 18.9 Å². The van der Waals surface area contributed by atoms with Crippen LogP contribution in [0.5, 0.6) is 5.75 Å². The molecule has 1 saturated heterocycles. The number of pyridine rings is 2. The molecule has 1 amide bonds. The van der Waals surface area contributed by atoms with E-state index in [2.05, 4.69) is 42.4 Å². The van der Waals surface area contributed by atoms with Gasteiger partial charge in [0.15, 0.2) is 0 Å². The molecule has 1 atom stereocenters. The van der Waals surface area contributed by atoms with Crippen LogP contribution in [0.3, 0.4) is 0 Å². The second-order valence-corrected chi connectivity index (χ2v) is 10.5. The van der Waals surface area contributed by atoms with Gasteiger partial charge in [-0.3, -0.25) is 4.79 Å². The average molecular weight is 542 g/mol. The molecule has 5 heterocycles. The summed E-state index contributed by atoms with van der Waals surface area (Å²) in [4.78, 5) is 30.0. The molecule has 0 bridgehead atoms. The first-order valence-electron chi connectivity index (χ1n) is 13.9. The molecule has 1 fully saturated rings. The van der Waals surface area contributed by atoms with Crippen LogP contribution in [0, 0.1) is 0 Å². The lowest BCUT2D eigenvalue weighted by molar-refractivity contribution is 0.102. The van der Waals surface area contributed by atoms with E-state index in [1.54, 1.807) is 12.4 Å². The minimum atomic E-state index is -0.575. The molecule has 4 aromatic rings. The Bertz CT molecular complexity index is 1480. The van der Waals surface area contributed by atoms with Crippen molar-refractivity contribution in [1.82, 2.24) is 25.2 Å². The molecule has 0 radical (unpaired) electrons. The van der Waals surface area contributed by atoms with Crippen LogP contribution in [0.25, 0.3) is 22.2 Å². The Labute approximate surface area is 233 Å². The Morgan fingerprint density at radius 3 is 2.77 bits per heavy atom. The summed E-state index contributed by atoms with van der Waals surface area (Å²) >= 11 is 0. The topological polar surface area (TPSA) is 119 Å². The normalized spacial score (nSPS) is 18.6. The van der Waals surface area contributed by atoms with E-state index in [0.29, 0.717) is 35.7 Å². The number of hydrogen-bond acceptors (Lipinski definition) is 8. The third kappa shape index (κ3) is 5.65. The van der Waals surface area contributed by atoms with Crippen LogP contribution in [0.4, 0.5) is 11.5 Å². The Hall–Kier alpha value is -3.99. The monoisotopic (exact) mass is 541 g/mol. The molecule has 3 aromatic heterocycles. The molecule has 0 aliphatic carbocycles. The number of anilines is 2. The van der Waals surface area contributed by atoms with Gasteiger partial charge in [0, 0.05) is 61.6 Å². The van der Waals surface area contributed by atoms with Crippen molar-refractivity contribution in [3.8, 4) is 16.9 Å². The number of nitrogens with one attached hydrogen (secondary N) is 3. The molecular weight excluding hydrogens is 506 g/mol. The number of carbonyl (C=O) groups excluding carboxylic acids is 1. The number of likely N-dealkylation sites (N-methyl/N-ethyl adjacent to an activating group) is 1. The van der Waals surface area contributed by atoms with Crippen molar-refractivity contribution in [1.29, 1.82) is 0 Å². The van der Waals surface area contributed by atoms with Gasteiger partial charge < -0.3 is 35.3 Å². The predicted octanol–water partition coefficient (Wildman–Crippen LogP) is 3.42. The summed E-state index contributed by atoms with van der Waals surface area (Å²) in [6.45, 7) is 6.04. The highest BCUT2D eigenvalue weighted by Gasteiger charge is 2.19. The van der Waals surface area contributed by atoms with Crippen molar-refractivity contribution in [2.75, 3.05) is 63.1 Å². The van der Waals surface area contributed by atoms with Gasteiger partial charge in [0.2, 0.25) is 0 Å².